The number of aromatic nitrogens is 4. The predicted octanol–water partition coefficient (Wildman–Crippen LogP) is 29.6. The molecule has 0 amide bonds. The molecule has 0 saturated heterocycles. The monoisotopic (exact) mass is 1550 g/mol. The SMILES string of the molecule is c1ccc(-c2ccc(-c3cc(-c4ccc5c(c4)C4(c6ccccc6-c6ccccc6-5)c5ccccc5-c5ccccc54)nc(-c4cc(-c5ccccc5)cc(-c5ccc(-c6cccc(-c7cc(-c8ccc9c(c8)-c8ccccc8-c8ccccc8C98c9ccccc9-c9ccccc98)nc(-c8cccc(-c9ccccc9)c8)n7)c6)cc5)c4)n3)cc2)cc1. The Morgan fingerprint density at radius 1 is 0.115 bits per heavy atom. The van der Waals surface area contributed by atoms with E-state index in [9.17, 15) is 0 Å². The van der Waals surface area contributed by atoms with Gasteiger partial charge in [0.1, 0.15) is 0 Å². The summed E-state index contributed by atoms with van der Waals surface area (Å²) in [5.41, 5.74) is 43.6. The Morgan fingerprint density at radius 3 is 0.803 bits per heavy atom. The molecule has 122 heavy (non-hydrogen) atoms. The molecule has 0 bridgehead atoms. The standard InChI is InChI=1S/C118H74N4/c1-4-28-75(29-5-1)78-58-60-81(61-59-78)111-73-114(86-62-64-101-92-39-11-10-38-91(92)95-42-15-21-49-104(95)118(110(101)72-86)107-52-24-18-46-99(107)100-47-19-25-53-108(100)118)122-116(119-111)90-69-88(77-32-8-3-9-33-77)68-89(70-90)80-56-54-79(55-57-80)82-34-26-36-84(66-82)112-74-113(121-115(120-112)87-37-27-35-83(67-87)76-30-6-2-7-31-76)85-63-65-109-102(71-85)94-41-13-12-40-93(94)96-43-14-20-48-103(96)117(109)105-50-22-16-44-97(105)98-45-17-23-51-106(98)117/h1-74H. The summed E-state index contributed by atoms with van der Waals surface area (Å²) in [6, 6.07) is 165. The minimum absolute atomic E-state index is 0.605. The van der Waals surface area contributed by atoms with Crippen molar-refractivity contribution in [3.63, 3.8) is 0 Å². The zero-order chi connectivity index (χ0) is 80.4. The lowest BCUT2D eigenvalue weighted by molar-refractivity contribution is 0.775. The van der Waals surface area contributed by atoms with Crippen molar-refractivity contribution in [2.45, 2.75) is 10.8 Å². The Bertz CT molecular complexity index is 7520. The predicted molar refractivity (Wildman–Crippen MR) is 501 cm³/mol. The van der Waals surface area contributed by atoms with E-state index in [0.717, 1.165) is 112 Å². The normalized spacial score (nSPS) is 12.9. The van der Waals surface area contributed by atoms with Gasteiger partial charge in [-0.3, -0.25) is 0 Å². The topological polar surface area (TPSA) is 51.6 Å². The van der Waals surface area contributed by atoms with Crippen LogP contribution in [0.15, 0.2) is 449 Å². The lowest BCUT2D eigenvalue weighted by Gasteiger charge is -2.35. The maximum Gasteiger partial charge on any atom is 0.160 e. The van der Waals surface area contributed by atoms with Gasteiger partial charge in [0.2, 0.25) is 0 Å². The molecule has 0 unspecified atom stereocenters. The first-order valence-electron chi connectivity index (χ1n) is 42.0. The Balaban J connectivity index is 0.638. The van der Waals surface area contributed by atoms with Crippen LogP contribution in [0.3, 0.4) is 0 Å². The second kappa shape index (κ2) is 28.5. The Morgan fingerprint density at radius 2 is 0.352 bits per heavy atom. The lowest BCUT2D eigenvalue weighted by Crippen LogP contribution is -2.29. The van der Waals surface area contributed by atoms with Crippen molar-refractivity contribution < 1.29 is 0 Å². The second-order valence-electron chi connectivity index (χ2n) is 32.5. The van der Waals surface area contributed by atoms with Crippen LogP contribution in [0.2, 0.25) is 0 Å². The van der Waals surface area contributed by atoms with Gasteiger partial charge in [0.25, 0.3) is 0 Å². The van der Waals surface area contributed by atoms with E-state index in [1.54, 1.807) is 0 Å². The summed E-state index contributed by atoms with van der Waals surface area (Å²) in [6.45, 7) is 0. The molecule has 0 aliphatic heterocycles. The molecule has 0 atom stereocenters. The van der Waals surface area contributed by atoms with E-state index < -0.39 is 10.8 Å². The molecule has 0 fully saturated rings. The number of fused-ring (bicyclic) bond motifs is 24. The maximum atomic E-state index is 5.79. The van der Waals surface area contributed by atoms with Crippen LogP contribution in [0.25, 0.3) is 190 Å². The molecule has 4 aliphatic carbocycles. The molecule has 24 rings (SSSR count). The van der Waals surface area contributed by atoms with E-state index in [0.29, 0.717) is 11.6 Å². The third-order valence-corrected chi connectivity index (χ3v) is 26.0. The number of hydrogen-bond acceptors (Lipinski definition) is 4. The molecule has 0 saturated carbocycles. The minimum Gasteiger partial charge on any atom is -0.228 e. The molecule has 566 valence electrons. The van der Waals surface area contributed by atoms with Gasteiger partial charge in [-0.15, -0.1) is 0 Å². The van der Waals surface area contributed by atoms with E-state index in [2.05, 4.69) is 449 Å². The van der Waals surface area contributed by atoms with Crippen molar-refractivity contribution >= 4 is 0 Å². The largest absolute Gasteiger partial charge is 0.228 e. The van der Waals surface area contributed by atoms with Gasteiger partial charge in [-0.05, 0) is 222 Å². The summed E-state index contributed by atoms with van der Waals surface area (Å²) >= 11 is 0. The van der Waals surface area contributed by atoms with Crippen LogP contribution in [-0.2, 0) is 10.8 Å². The van der Waals surface area contributed by atoms with Gasteiger partial charge in [-0.25, -0.2) is 19.9 Å². The second-order valence-corrected chi connectivity index (χ2v) is 32.5. The zero-order valence-electron chi connectivity index (χ0n) is 66.5. The average molecular weight is 1550 g/mol. The van der Waals surface area contributed by atoms with Crippen LogP contribution in [-0.4, -0.2) is 19.9 Å². The molecular formula is C118H74N4. The number of hydrogen-bond donors (Lipinski definition) is 0. The van der Waals surface area contributed by atoms with E-state index in [1.807, 2.05) is 0 Å². The van der Waals surface area contributed by atoms with Crippen molar-refractivity contribution in [1.29, 1.82) is 0 Å². The first-order chi connectivity index (χ1) is 60.4. The van der Waals surface area contributed by atoms with Crippen molar-refractivity contribution in [3.05, 3.63) is 493 Å². The molecule has 18 aromatic carbocycles. The third kappa shape index (κ3) is 11.2. The molecule has 4 nitrogen and oxygen atoms in total. The molecule has 20 aromatic rings. The van der Waals surface area contributed by atoms with E-state index in [4.69, 9.17) is 19.9 Å². The minimum atomic E-state index is -0.671. The molecule has 2 spiro atoms. The fraction of sp³-hybridized carbons (Fsp3) is 0.0169. The smallest absolute Gasteiger partial charge is 0.160 e. The van der Waals surface area contributed by atoms with Crippen LogP contribution in [0.1, 0.15) is 44.5 Å². The quantitative estimate of drug-likeness (QED) is 0.129. The number of benzene rings is 18. The van der Waals surface area contributed by atoms with Crippen LogP contribution >= 0.6 is 0 Å². The van der Waals surface area contributed by atoms with Gasteiger partial charge in [0, 0.05) is 33.4 Å². The number of nitrogens with zero attached hydrogens (tertiary/aromatic N) is 4. The van der Waals surface area contributed by atoms with Crippen molar-refractivity contribution in [1.82, 2.24) is 19.9 Å². The van der Waals surface area contributed by atoms with Gasteiger partial charge in [0.15, 0.2) is 11.6 Å². The van der Waals surface area contributed by atoms with Gasteiger partial charge in [-0.1, -0.05) is 394 Å². The number of rotatable bonds is 11. The lowest BCUT2D eigenvalue weighted by atomic mass is 9.65. The van der Waals surface area contributed by atoms with Crippen LogP contribution in [0.5, 0.6) is 0 Å². The van der Waals surface area contributed by atoms with E-state index in [1.165, 1.54) is 111 Å². The highest BCUT2D eigenvalue weighted by Gasteiger charge is 2.52. The molecule has 4 heteroatoms. The highest BCUT2D eigenvalue weighted by atomic mass is 14.9. The fourth-order valence-corrected chi connectivity index (χ4v) is 20.5. The Labute approximate surface area is 709 Å². The highest BCUT2D eigenvalue weighted by molar-refractivity contribution is 6.01. The van der Waals surface area contributed by atoms with Crippen LogP contribution < -0.4 is 0 Å². The summed E-state index contributed by atoms with van der Waals surface area (Å²) in [5, 5.41) is 0. The summed E-state index contributed by atoms with van der Waals surface area (Å²) in [5.74, 6) is 1.27. The Kier molecular flexibility index (Phi) is 16.4. The van der Waals surface area contributed by atoms with Crippen LogP contribution in [0, 0.1) is 0 Å². The maximum absolute atomic E-state index is 5.79. The highest BCUT2D eigenvalue weighted by Crippen LogP contribution is 2.64. The molecule has 2 aromatic heterocycles. The molecule has 2 heterocycles. The summed E-state index contributed by atoms with van der Waals surface area (Å²) in [7, 11) is 0. The zero-order valence-corrected chi connectivity index (χ0v) is 66.5. The van der Waals surface area contributed by atoms with E-state index >= 15 is 0 Å². The molecule has 0 radical (unpaired) electrons. The molecule has 4 aliphatic rings. The Hall–Kier alpha value is -15.9. The van der Waals surface area contributed by atoms with Crippen molar-refractivity contribution in [3.8, 4) is 190 Å². The summed E-state index contributed by atoms with van der Waals surface area (Å²) in [4.78, 5) is 22.6. The van der Waals surface area contributed by atoms with Crippen molar-refractivity contribution in [2.24, 2.45) is 0 Å². The van der Waals surface area contributed by atoms with E-state index in [-0.39, 0.29) is 0 Å². The summed E-state index contributed by atoms with van der Waals surface area (Å²) < 4.78 is 0. The van der Waals surface area contributed by atoms with Gasteiger partial charge in [-0.2, -0.15) is 0 Å². The van der Waals surface area contributed by atoms with Crippen LogP contribution in [0.4, 0.5) is 0 Å². The molecular weight excluding hydrogens is 1470 g/mol. The first-order valence-corrected chi connectivity index (χ1v) is 42.0. The van der Waals surface area contributed by atoms with Gasteiger partial charge in [0.05, 0.1) is 33.6 Å². The van der Waals surface area contributed by atoms with Gasteiger partial charge < -0.3 is 0 Å². The average Bonchev–Trinajstić information content (AvgIpc) is 1.52. The third-order valence-electron chi connectivity index (χ3n) is 26.0. The fourth-order valence-electron chi connectivity index (χ4n) is 20.5. The summed E-state index contributed by atoms with van der Waals surface area (Å²) in [6.07, 6.45) is 0. The first kappa shape index (κ1) is 70.3. The van der Waals surface area contributed by atoms with Gasteiger partial charge >= 0.3 is 0 Å². The molecule has 0 N–H and O–H groups in total. The van der Waals surface area contributed by atoms with Crippen molar-refractivity contribution in [2.75, 3.05) is 0 Å².